The maximum Gasteiger partial charge on any atom is 0.407 e. The number of aliphatic hydroxyl groups is 1. The predicted molar refractivity (Wildman–Crippen MR) is 167 cm³/mol. The van der Waals surface area contributed by atoms with Gasteiger partial charge in [-0.3, -0.25) is 9.59 Å². The van der Waals surface area contributed by atoms with Gasteiger partial charge in [0.2, 0.25) is 11.8 Å². The summed E-state index contributed by atoms with van der Waals surface area (Å²) in [4.78, 5) is 51.9. The van der Waals surface area contributed by atoms with Crippen LogP contribution in [0.1, 0.15) is 48.0 Å². The number of nitrogens with one attached hydrogen (secondary N) is 3. The molecule has 1 aliphatic carbocycles. The fourth-order valence-corrected chi connectivity index (χ4v) is 5.72. The quantitative estimate of drug-likeness (QED) is 0.224. The minimum absolute atomic E-state index is 0.0231. The number of rotatable bonds is 8. The van der Waals surface area contributed by atoms with Crippen LogP contribution in [0.4, 0.5) is 4.79 Å². The highest BCUT2D eigenvalue weighted by molar-refractivity contribution is 5.86. The molecular formula is C35H37N3O7. The topological polar surface area (TPSA) is 143 Å². The first-order chi connectivity index (χ1) is 21.9. The van der Waals surface area contributed by atoms with Crippen LogP contribution in [0, 0.1) is 5.92 Å². The van der Waals surface area contributed by atoms with E-state index in [0.717, 1.165) is 22.3 Å². The van der Waals surface area contributed by atoms with Crippen LogP contribution in [0.3, 0.4) is 0 Å². The lowest BCUT2D eigenvalue weighted by atomic mass is 9.98. The number of benzene rings is 3. The van der Waals surface area contributed by atoms with E-state index in [0.29, 0.717) is 5.56 Å². The lowest BCUT2D eigenvalue weighted by Crippen LogP contribution is -2.44. The van der Waals surface area contributed by atoms with E-state index in [1.165, 1.54) is 0 Å². The lowest BCUT2D eigenvalue weighted by molar-refractivity contribution is -0.152. The largest absolute Gasteiger partial charge is 0.454 e. The Labute approximate surface area is 261 Å². The number of carbonyl (C=O) groups excluding carboxylic acids is 4. The number of alkyl carbamates (subject to hydrolysis) is 1. The molecule has 0 saturated heterocycles. The maximum absolute atomic E-state index is 13.4. The Hall–Kier alpha value is -4.96. The van der Waals surface area contributed by atoms with Crippen LogP contribution in [0.25, 0.3) is 11.1 Å². The number of carbonyl (C=O) groups is 4. The molecule has 2 aliphatic rings. The van der Waals surface area contributed by atoms with Gasteiger partial charge >= 0.3 is 12.1 Å². The summed E-state index contributed by atoms with van der Waals surface area (Å²) in [5, 5.41) is 17.1. The molecule has 0 unspecified atom stereocenters. The van der Waals surface area contributed by atoms with E-state index in [4.69, 9.17) is 14.6 Å². The van der Waals surface area contributed by atoms with Crippen molar-refractivity contribution in [1.29, 1.82) is 0 Å². The summed E-state index contributed by atoms with van der Waals surface area (Å²) >= 11 is 0. The summed E-state index contributed by atoms with van der Waals surface area (Å²) < 4.78 is 11.5. The van der Waals surface area contributed by atoms with Crippen LogP contribution in [0.2, 0.25) is 0 Å². The van der Waals surface area contributed by atoms with Crippen LogP contribution in [0.5, 0.6) is 0 Å². The second kappa shape index (κ2) is 15.2. The third kappa shape index (κ3) is 7.96. The minimum atomic E-state index is -1.05. The van der Waals surface area contributed by atoms with E-state index in [2.05, 4.69) is 28.1 Å². The van der Waals surface area contributed by atoms with Crippen molar-refractivity contribution < 1.29 is 33.8 Å². The van der Waals surface area contributed by atoms with Gasteiger partial charge in [0.05, 0.1) is 19.1 Å². The number of fused-ring (bicyclic) bond motifs is 3. The molecule has 45 heavy (non-hydrogen) atoms. The first-order valence-corrected chi connectivity index (χ1v) is 15.1. The van der Waals surface area contributed by atoms with Crippen molar-refractivity contribution in [3.63, 3.8) is 0 Å². The molecule has 0 spiro atoms. The number of amides is 3. The van der Waals surface area contributed by atoms with Crippen molar-refractivity contribution in [3.05, 3.63) is 108 Å². The molecule has 10 heteroatoms. The molecule has 3 aromatic rings. The van der Waals surface area contributed by atoms with E-state index in [9.17, 15) is 19.2 Å². The van der Waals surface area contributed by atoms with Crippen LogP contribution >= 0.6 is 0 Å². The zero-order valence-electron chi connectivity index (χ0n) is 24.8. The molecule has 3 amide bonds. The van der Waals surface area contributed by atoms with E-state index in [1.807, 2.05) is 42.5 Å². The normalized spacial score (nSPS) is 20.7. The monoisotopic (exact) mass is 611 g/mol. The molecule has 4 N–H and O–H groups in total. The minimum Gasteiger partial charge on any atom is -0.454 e. The highest BCUT2D eigenvalue weighted by atomic mass is 16.6. The van der Waals surface area contributed by atoms with Gasteiger partial charge in [-0.1, -0.05) is 91.0 Å². The van der Waals surface area contributed by atoms with Gasteiger partial charge < -0.3 is 30.5 Å². The second-order valence-electron chi connectivity index (χ2n) is 11.0. The van der Waals surface area contributed by atoms with Gasteiger partial charge in [0.15, 0.2) is 0 Å². The van der Waals surface area contributed by atoms with Crippen molar-refractivity contribution in [1.82, 2.24) is 16.0 Å². The zero-order chi connectivity index (χ0) is 31.6. The summed E-state index contributed by atoms with van der Waals surface area (Å²) in [6, 6.07) is 24.0. The molecular weight excluding hydrogens is 574 g/mol. The van der Waals surface area contributed by atoms with Gasteiger partial charge in [0.1, 0.15) is 18.8 Å². The Morgan fingerprint density at radius 3 is 2.22 bits per heavy atom. The average Bonchev–Trinajstić information content (AvgIpc) is 3.38. The van der Waals surface area contributed by atoms with Gasteiger partial charge in [-0.15, -0.1) is 0 Å². The molecule has 0 saturated carbocycles. The summed E-state index contributed by atoms with van der Waals surface area (Å²) in [5.41, 5.74) is 5.03. The van der Waals surface area contributed by atoms with E-state index < -0.39 is 30.1 Å². The number of ether oxygens (including phenoxy) is 2. The molecule has 5 rings (SSSR count). The first kappa shape index (κ1) is 31.5. The van der Waals surface area contributed by atoms with Crippen molar-refractivity contribution >= 4 is 23.9 Å². The van der Waals surface area contributed by atoms with E-state index in [-0.39, 0.29) is 63.3 Å². The molecule has 0 radical (unpaired) electrons. The number of allylic oxidation sites excluding steroid dienone is 1. The van der Waals surface area contributed by atoms with Crippen LogP contribution < -0.4 is 16.0 Å². The molecule has 0 fully saturated rings. The SMILES string of the molecule is O=C(C[C@H]1C/C=C\C[C@H](NC(=O)OCC2c3ccccc3-c3ccccc32)C(=O)O[C@@H](c2ccccc2)CNC1=O)NCCO. The van der Waals surface area contributed by atoms with Crippen LogP contribution in [-0.4, -0.2) is 61.3 Å². The zero-order valence-corrected chi connectivity index (χ0v) is 24.8. The maximum atomic E-state index is 13.4. The highest BCUT2D eigenvalue weighted by Crippen LogP contribution is 2.44. The van der Waals surface area contributed by atoms with Crippen molar-refractivity contribution in [2.24, 2.45) is 5.92 Å². The fraction of sp³-hybridized carbons (Fsp3) is 0.314. The third-order valence-corrected chi connectivity index (χ3v) is 8.01. The summed E-state index contributed by atoms with van der Waals surface area (Å²) in [7, 11) is 0. The molecule has 10 nitrogen and oxygen atoms in total. The van der Waals surface area contributed by atoms with Gasteiger partial charge in [0, 0.05) is 18.9 Å². The average molecular weight is 612 g/mol. The molecule has 3 aromatic carbocycles. The number of hydrogen-bond donors (Lipinski definition) is 4. The first-order valence-electron chi connectivity index (χ1n) is 15.1. The smallest absolute Gasteiger partial charge is 0.407 e. The van der Waals surface area contributed by atoms with E-state index in [1.54, 1.807) is 36.4 Å². The summed E-state index contributed by atoms with van der Waals surface area (Å²) in [6.45, 7) is -0.0379. The molecule has 1 heterocycles. The van der Waals surface area contributed by atoms with Crippen molar-refractivity contribution in [2.75, 3.05) is 26.3 Å². The molecule has 0 aromatic heterocycles. The Morgan fingerprint density at radius 2 is 1.53 bits per heavy atom. The lowest BCUT2D eigenvalue weighted by Gasteiger charge is -2.24. The summed E-state index contributed by atoms with van der Waals surface area (Å²) in [5.74, 6) is -2.20. The molecule has 234 valence electrons. The van der Waals surface area contributed by atoms with Crippen LogP contribution in [-0.2, 0) is 23.9 Å². The molecule has 3 atom stereocenters. The Bertz CT molecular complexity index is 1500. The fourth-order valence-electron chi connectivity index (χ4n) is 5.72. The number of hydrogen-bond acceptors (Lipinski definition) is 7. The van der Waals surface area contributed by atoms with Gasteiger partial charge in [-0.2, -0.15) is 0 Å². The third-order valence-electron chi connectivity index (χ3n) is 8.01. The Kier molecular flexibility index (Phi) is 10.6. The second-order valence-corrected chi connectivity index (χ2v) is 11.0. The number of esters is 1. The Morgan fingerprint density at radius 1 is 0.889 bits per heavy atom. The standard InChI is InChI=1S/C35H37N3O7/c39-19-18-36-32(40)20-24-12-4-9-17-30(34(42)45-31(21-37-33(24)41)23-10-2-1-3-11-23)38-35(43)44-22-29-27-15-7-5-13-25(27)26-14-6-8-16-28(26)29/h1-11,13-16,24,29-31,39H,12,17-22H2,(H,36,40)(H,37,41)(H,38,43)/b9-4-/t24-,30+,31-/m1/s1. The van der Waals surface area contributed by atoms with E-state index >= 15 is 0 Å². The van der Waals surface area contributed by atoms with Crippen LogP contribution in [0.15, 0.2) is 91.0 Å². The van der Waals surface area contributed by atoms with Gasteiger partial charge in [-0.25, -0.2) is 9.59 Å². The predicted octanol–water partition coefficient (Wildman–Crippen LogP) is 3.76. The number of cyclic esters (lactones) is 1. The molecule has 0 bridgehead atoms. The molecule has 1 aliphatic heterocycles. The van der Waals surface area contributed by atoms with Gasteiger partial charge in [0.25, 0.3) is 0 Å². The Balaban J connectivity index is 1.29. The number of aliphatic hydroxyl groups excluding tert-OH is 1. The van der Waals surface area contributed by atoms with Crippen molar-refractivity contribution in [3.8, 4) is 11.1 Å². The highest BCUT2D eigenvalue weighted by Gasteiger charge is 2.31. The van der Waals surface area contributed by atoms with Gasteiger partial charge in [-0.05, 0) is 40.7 Å². The van der Waals surface area contributed by atoms with Crippen molar-refractivity contribution in [2.45, 2.75) is 37.3 Å². The summed E-state index contributed by atoms with van der Waals surface area (Å²) in [6.07, 6.45) is 2.06.